The van der Waals surface area contributed by atoms with Crippen LogP contribution in [-0.2, 0) is 0 Å². The van der Waals surface area contributed by atoms with Crippen molar-refractivity contribution in [2.24, 2.45) is 5.92 Å². The maximum absolute atomic E-state index is 11.0. The molecule has 0 spiro atoms. The first kappa shape index (κ1) is 17.2. The summed E-state index contributed by atoms with van der Waals surface area (Å²) < 4.78 is 5.76. The van der Waals surface area contributed by atoms with Crippen LogP contribution in [0.15, 0.2) is 18.2 Å². The first-order chi connectivity index (χ1) is 11.2. The van der Waals surface area contributed by atoms with E-state index in [1.165, 1.54) is 18.9 Å². The molecule has 0 unspecified atom stereocenters. The lowest BCUT2D eigenvalue weighted by Crippen LogP contribution is -2.38. The van der Waals surface area contributed by atoms with Crippen molar-refractivity contribution in [3.63, 3.8) is 0 Å². The standard InChI is InChI=1S/C17H23N3O3/c1-2-3-9-19-10-5-6-14(12-19)13-23-17-8-4-7-16(20(21)22)15(17)11-18/h4,7-8,14H,2-3,5-6,9-10,12-13H2,1H3/t14-/m0/s1. The maximum atomic E-state index is 11.0. The summed E-state index contributed by atoms with van der Waals surface area (Å²) in [6.45, 7) is 5.94. The van der Waals surface area contributed by atoms with Gasteiger partial charge in [0.25, 0.3) is 5.69 Å². The molecule has 23 heavy (non-hydrogen) atoms. The van der Waals surface area contributed by atoms with E-state index in [1.807, 2.05) is 6.07 Å². The molecule has 0 aliphatic carbocycles. The Morgan fingerprint density at radius 3 is 3.04 bits per heavy atom. The molecule has 0 aromatic heterocycles. The second-order valence-corrected chi connectivity index (χ2v) is 5.99. The molecule has 0 bridgehead atoms. The molecule has 1 aromatic rings. The second-order valence-electron chi connectivity index (χ2n) is 5.99. The Labute approximate surface area is 136 Å². The van der Waals surface area contributed by atoms with Gasteiger partial charge < -0.3 is 9.64 Å². The number of rotatable bonds is 7. The number of nitriles is 1. The van der Waals surface area contributed by atoms with Crippen molar-refractivity contribution in [1.29, 1.82) is 5.26 Å². The largest absolute Gasteiger partial charge is 0.492 e. The highest BCUT2D eigenvalue weighted by molar-refractivity contribution is 5.56. The molecule has 1 fully saturated rings. The van der Waals surface area contributed by atoms with E-state index in [0.717, 1.165) is 32.5 Å². The Morgan fingerprint density at radius 2 is 2.35 bits per heavy atom. The van der Waals surface area contributed by atoms with E-state index in [9.17, 15) is 15.4 Å². The van der Waals surface area contributed by atoms with Crippen LogP contribution in [-0.4, -0.2) is 36.1 Å². The molecule has 2 rings (SSSR count). The summed E-state index contributed by atoms with van der Waals surface area (Å²) in [5, 5.41) is 20.2. The van der Waals surface area contributed by atoms with Crippen molar-refractivity contribution < 1.29 is 9.66 Å². The molecule has 0 amide bonds. The van der Waals surface area contributed by atoms with Crippen LogP contribution in [0.25, 0.3) is 0 Å². The third-order valence-corrected chi connectivity index (χ3v) is 4.22. The predicted molar refractivity (Wildman–Crippen MR) is 87.4 cm³/mol. The lowest BCUT2D eigenvalue weighted by molar-refractivity contribution is -0.385. The van der Waals surface area contributed by atoms with Gasteiger partial charge >= 0.3 is 0 Å². The first-order valence-corrected chi connectivity index (χ1v) is 8.18. The molecular formula is C17H23N3O3. The number of ether oxygens (including phenoxy) is 1. The van der Waals surface area contributed by atoms with Crippen LogP contribution in [0, 0.1) is 27.4 Å². The number of likely N-dealkylation sites (tertiary alicyclic amines) is 1. The molecule has 1 aliphatic heterocycles. The number of nitro groups is 1. The Balaban J connectivity index is 1.97. The highest BCUT2D eigenvalue weighted by Crippen LogP contribution is 2.28. The van der Waals surface area contributed by atoms with Crippen molar-refractivity contribution in [3.05, 3.63) is 33.9 Å². The SMILES string of the molecule is CCCCN1CCC[C@H](COc2cccc([N+](=O)[O-])c2C#N)C1. The van der Waals surface area contributed by atoms with Gasteiger partial charge in [0.05, 0.1) is 11.5 Å². The summed E-state index contributed by atoms with van der Waals surface area (Å²) in [6.07, 6.45) is 4.64. The molecule has 1 aliphatic rings. The van der Waals surface area contributed by atoms with Crippen LogP contribution >= 0.6 is 0 Å². The molecular weight excluding hydrogens is 294 g/mol. The number of unbranched alkanes of at least 4 members (excludes halogenated alkanes) is 1. The van der Waals surface area contributed by atoms with Gasteiger partial charge in [-0.1, -0.05) is 19.4 Å². The highest BCUT2D eigenvalue weighted by Gasteiger charge is 2.22. The zero-order chi connectivity index (χ0) is 16.7. The van der Waals surface area contributed by atoms with Gasteiger partial charge in [0.15, 0.2) is 5.56 Å². The summed E-state index contributed by atoms with van der Waals surface area (Å²) in [5.41, 5.74) is -0.186. The van der Waals surface area contributed by atoms with E-state index in [1.54, 1.807) is 12.1 Å². The van der Waals surface area contributed by atoms with Gasteiger partial charge in [0.1, 0.15) is 11.8 Å². The Hall–Kier alpha value is -2.13. The number of hydrogen-bond acceptors (Lipinski definition) is 5. The topological polar surface area (TPSA) is 79.4 Å². The minimum Gasteiger partial charge on any atom is -0.492 e. The molecule has 1 heterocycles. The van der Waals surface area contributed by atoms with Gasteiger partial charge in [0, 0.05) is 18.5 Å². The third-order valence-electron chi connectivity index (χ3n) is 4.22. The van der Waals surface area contributed by atoms with Crippen molar-refractivity contribution in [2.45, 2.75) is 32.6 Å². The Kier molecular flexibility index (Phi) is 6.36. The zero-order valence-electron chi connectivity index (χ0n) is 13.5. The van der Waals surface area contributed by atoms with E-state index in [4.69, 9.17) is 4.74 Å². The molecule has 1 aromatic carbocycles. The van der Waals surface area contributed by atoms with Crippen LogP contribution < -0.4 is 4.74 Å². The summed E-state index contributed by atoms with van der Waals surface area (Å²) >= 11 is 0. The minimum atomic E-state index is -0.543. The lowest BCUT2D eigenvalue weighted by Gasteiger charge is -2.32. The van der Waals surface area contributed by atoms with Gasteiger partial charge in [-0.2, -0.15) is 5.26 Å². The van der Waals surface area contributed by atoms with Gasteiger partial charge in [-0.05, 0) is 38.4 Å². The number of piperidine rings is 1. The fraction of sp³-hybridized carbons (Fsp3) is 0.588. The number of nitro benzene ring substituents is 1. The zero-order valence-corrected chi connectivity index (χ0v) is 13.5. The van der Waals surface area contributed by atoms with E-state index < -0.39 is 4.92 Å². The third kappa shape index (κ3) is 4.67. The fourth-order valence-electron chi connectivity index (χ4n) is 2.98. The molecule has 0 saturated carbocycles. The molecule has 0 N–H and O–H groups in total. The monoisotopic (exact) mass is 317 g/mol. The van der Waals surface area contributed by atoms with Gasteiger partial charge in [-0.3, -0.25) is 10.1 Å². The van der Waals surface area contributed by atoms with E-state index >= 15 is 0 Å². The van der Waals surface area contributed by atoms with Gasteiger partial charge in [-0.25, -0.2) is 0 Å². The van der Waals surface area contributed by atoms with Crippen molar-refractivity contribution in [3.8, 4) is 11.8 Å². The second kappa shape index (κ2) is 8.49. The maximum Gasteiger partial charge on any atom is 0.290 e. The number of nitrogens with zero attached hydrogens (tertiary/aromatic N) is 3. The smallest absolute Gasteiger partial charge is 0.290 e. The molecule has 6 nitrogen and oxygen atoms in total. The highest BCUT2D eigenvalue weighted by atomic mass is 16.6. The van der Waals surface area contributed by atoms with Gasteiger partial charge in [-0.15, -0.1) is 0 Å². The van der Waals surface area contributed by atoms with Crippen molar-refractivity contribution in [2.75, 3.05) is 26.2 Å². The quantitative estimate of drug-likeness (QED) is 0.569. The molecule has 124 valence electrons. The summed E-state index contributed by atoms with van der Waals surface area (Å²) in [7, 11) is 0. The van der Waals surface area contributed by atoms with Crippen LogP contribution in [0.2, 0.25) is 0 Å². The predicted octanol–water partition coefficient (Wildman–Crippen LogP) is 3.36. The van der Waals surface area contributed by atoms with E-state index in [2.05, 4.69) is 11.8 Å². The molecule has 1 saturated heterocycles. The van der Waals surface area contributed by atoms with Gasteiger partial charge in [0.2, 0.25) is 0 Å². The summed E-state index contributed by atoms with van der Waals surface area (Å²) in [4.78, 5) is 12.9. The molecule has 0 radical (unpaired) electrons. The fourth-order valence-corrected chi connectivity index (χ4v) is 2.98. The van der Waals surface area contributed by atoms with Crippen molar-refractivity contribution in [1.82, 2.24) is 4.90 Å². The first-order valence-electron chi connectivity index (χ1n) is 8.18. The Bertz CT molecular complexity index is 583. The van der Waals surface area contributed by atoms with Crippen LogP contribution in [0.1, 0.15) is 38.2 Å². The lowest BCUT2D eigenvalue weighted by atomic mass is 9.98. The average Bonchev–Trinajstić information content (AvgIpc) is 2.58. The van der Waals surface area contributed by atoms with Crippen molar-refractivity contribution >= 4 is 5.69 Å². The Morgan fingerprint density at radius 1 is 1.52 bits per heavy atom. The van der Waals surface area contributed by atoms with Crippen LogP contribution in [0.5, 0.6) is 5.75 Å². The normalized spacial score (nSPS) is 18.3. The summed E-state index contributed by atoms with van der Waals surface area (Å²) in [6, 6.07) is 6.41. The molecule has 6 heteroatoms. The average molecular weight is 317 g/mol. The van der Waals surface area contributed by atoms with Crippen LogP contribution in [0.4, 0.5) is 5.69 Å². The van der Waals surface area contributed by atoms with E-state index in [-0.39, 0.29) is 11.3 Å². The van der Waals surface area contributed by atoms with Crippen LogP contribution in [0.3, 0.4) is 0 Å². The number of hydrogen-bond donors (Lipinski definition) is 0. The van der Waals surface area contributed by atoms with E-state index in [0.29, 0.717) is 18.3 Å². The number of benzene rings is 1. The minimum absolute atomic E-state index is 0.0103. The summed E-state index contributed by atoms with van der Waals surface area (Å²) in [5.74, 6) is 0.721. The molecule has 1 atom stereocenters.